The van der Waals surface area contributed by atoms with E-state index in [1.807, 2.05) is 4.90 Å². The summed E-state index contributed by atoms with van der Waals surface area (Å²) in [5.74, 6) is -0.857. The molecule has 3 aliphatic heterocycles. The van der Waals surface area contributed by atoms with Crippen LogP contribution >= 0.6 is 0 Å². The van der Waals surface area contributed by atoms with E-state index in [2.05, 4.69) is 4.99 Å². The van der Waals surface area contributed by atoms with Crippen LogP contribution in [0.4, 0.5) is 0 Å². The number of aliphatic hydroxyl groups excluding tert-OH is 1. The number of fused-ring (bicyclic) bond motifs is 1. The summed E-state index contributed by atoms with van der Waals surface area (Å²) in [5, 5.41) is 18.7. The van der Waals surface area contributed by atoms with Crippen LogP contribution in [0.1, 0.15) is 12.8 Å². The van der Waals surface area contributed by atoms with Gasteiger partial charge in [-0.05, 0) is 19.4 Å². The highest BCUT2D eigenvalue weighted by atomic mass is 16.6. The van der Waals surface area contributed by atoms with Crippen LogP contribution in [-0.2, 0) is 14.3 Å². The van der Waals surface area contributed by atoms with Crippen LogP contribution in [-0.4, -0.2) is 70.8 Å². The van der Waals surface area contributed by atoms with Gasteiger partial charge in [0.2, 0.25) is 0 Å². The first kappa shape index (κ1) is 12.6. The zero-order valence-corrected chi connectivity index (χ0v) is 10.3. The molecule has 19 heavy (non-hydrogen) atoms. The summed E-state index contributed by atoms with van der Waals surface area (Å²) < 4.78 is 11.0. The Kier molecular flexibility index (Phi) is 3.08. The van der Waals surface area contributed by atoms with Crippen molar-refractivity contribution in [3.8, 4) is 0 Å². The van der Waals surface area contributed by atoms with Crippen molar-refractivity contribution in [2.45, 2.75) is 43.4 Å². The van der Waals surface area contributed by atoms with E-state index in [1.54, 1.807) is 0 Å². The molecule has 106 valence electrons. The van der Waals surface area contributed by atoms with E-state index in [1.165, 1.54) is 0 Å². The lowest BCUT2D eigenvalue weighted by molar-refractivity contribution is -0.144. The maximum atomic E-state index is 11.3. The van der Waals surface area contributed by atoms with Gasteiger partial charge >= 0.3 is 5.97 Å². The van der Waals surface area contributed by atoms with Crippen molar-refractivity contribution in [1.82, 2.24) is 4.90 Å². The Hall–Kier alpha value is -1.38. The van der Waals surface area contributed by atoms with E-state index < -0.39 is 30.4 Å². The predicted octanol–water partition coefficient (Wildman–Crippen LogP) is -1.67. The summed E-state index contributed by atoms with van der Waals surface area (Å²) >= 11 is 0. The molecular formula is C11H17N3O5. The first-order valence-corrected chi connectivity index (χ1v) is 6.36. The van der Waals surface area contributed by atoms with Crippen LogP contribution in [0.2, 0.25) is 0 Å². The zero-order chi connectivity index (χ0) is 13.6. The molecule has 2 fully saturated rings. The van der Waals surface area contributed by atoms with Crippen LogP contribution < -0.4 is 5.73 Å². The lowest BCUT2D eigenvalue weighted by Crippen LogP contribution is -2.53. The van der Waals surface area contributed by atoms with Gasteiger partial charge in [0, 0.05) is 0 Å². The highest BCUT2D eigenvalue weighted by Gasteiger charge is 2.54. The van der Waals surface area contributed by atoms with Gasteiger partial charge in [0.15, 0.2) is 12.3 Å². The summed E-state index contributed by atoms with van der Waals surface area (Å²) in [6.07, 6.45) is -0.0714. The number of nitrogens with zero attached hydrogens (tertiary/aromatic N) is 2. The molecule has 0 spiro atoms. The average molecular weight is 271 g/mol. The van der Waals surface area contributed by atoms with Crippen LogP contribution in [0.3, 0.4) is 0 Å². The number of carboxylic acid groups (broad SMARTS) is 1. The molecule has 0 aliphatic carbocycles. The molecule has 0 saturated carbocycles. The average Bonchev–Trinajstić information content (AvgIpc) is 3.00. The Labute approximate surface area is 109 Å². The normalized spacial score (nSPS) is 41.9. The van der Waals surface area contributed by atoms with Crippen molar-refractivity contribution in [3.05, 3.63) is 0 Å². The minimum absolute atomic E-state index is 0.0578. The Morgan fingerprint density at radius 1 is 1.58 bits per heavy atom. The topological polar surface area (TPSA) is 118 Å². The Morgan fingerprint density at radius 2 is 2.37 bits per heavy atom. The minimum Gasteiger partial charge on any atom is -0.480 e. The molecule has 3 unspecified atom stereocenters. The first-order valence-electron chi connectivity index (χ1n) is 6.36. The van der Waals surface area contributed by atoms with Crippen LogP contribution in [0.15, 0.2) is 4.99 Å². The summed E-state index contributed by atoms with van der Waals surface area (Å²) in [7, 11) is 0. The number of aliphatic hydroxyl groups is 1. The quantitative estimate of drug-likeness (QED) is 0.562. The molecule has 2 saturated heterocycles. The second-order valence-corrected chi connectivity index (χ2v) is 5.02. The van der Waals surface area contributed by atoms with Gasteiger partial charge in [-0.15, -0.1) is 0 Å². The summed E-state index contributed by atoms with van der Waals surface area (Å²) in [4.78, 5) is 17.1. The summed E-state index contributed by atoms with van der Waals surface area (Å²) in [6.45, 7) is 0.452. The number of nitrogens with two attached hydrogens (primary N) is 1. The molecule has 0 radical (unpaired) electrons. The zero-order valence-electron chi connectivity index (χ0n) is 10.3. The number of aliphatic imine (C=N–C) groups is 1. The standard InChI is InChI=1S/C11H17N3O5/c12-11-13-9-8(19-11)7(6(4-15)18-9)14-3-1-2-5(14)10(16)17/h5-9,15H,1-4H2,(H2,12,13)(H,16,17)/t5-,6+,7?,8?,9?/m0/s1. The van der Waals surface area contributed by atoms with Crippen molar-refractivity contribution in [1.29, 1.82) is 0 Å². The number of likely N-dealkylation sites (tertiary alicyclic amines) is 1. The number of aliphatic carboxylic acids is 1. The maximum absolute atomic E-state index is 11.3. The fourth-order valence-electron chi connectivity index (χ4n) is 3.21. The van der Waals surface area contributed by atoms with Crippen LogP contribution in [0, 0.1) is 0 Å². The summed E-state index contributed by atoms with van der Waals surface area (Å²) in [6, 6.07) is -0.835. The third-order valence-corrected chi connectivity index (χ3v) is 3.97. The molecule has 3 aliphatic rings. The van der Waals surface area contributed by atoms with Gasteiger partial charge in [-0.2, -0.15) is 4.99 Å². The Bertz CT molecular complexity index is 415. The van der Waals surface area contributed by atoms with E-state index in [9.17, 15) is 15.0 Å². The highest BCUT2D eigenvalue weighted by molar-refractivity contribution is 5.74. The Morgan fingerprint density at radius 3 is 3.05 bits per heavy atom. The molecule has 0 aromatic rings. The number of hydrogen-bond acceptors (Lipinski definition) is 7. The second kappa shape index (κ2) is 4.62. The number of amidine groups is 1. The van der Waals surface area contributed by atoms with Crippen molar-refractivity contribution >= 4 is 12.0 Å². The van der Waals surface area contributed by atoms with Gasteiger partial charge in [-0.3, -0.25) is 9.69 Å². The Balaban J connectivity index is 1.83. The first-order chi connectivity index (χ1) is 9.11. The van der Waals surface area contributed by atoms with E-state index in [-0.39, 0.29) is 18.7 Å². The fraction of sp³-hybridized carbons (Fsp3) is 0.818. The number of rotatable bonds is 3. The smallest absolute Gasteiger partial charge is 0.320 e. The van der Waals surface area contributed by atoms with E-state index in [0.29, 0.717) is 13.0 Å². The molecular weight excluding hydrogens is 254 g/mol. The van der Waals surface area contributed by atoms with Crippen molar-refractivity contribution < 1.29 is 24.5 Å². The molecule has 0 aromatic carbocycles. The lowest BCUT2D eigenvalue weighted by atomic mass is 10.0. The van der Waals surface area contributed by atoms with Gasteiger partial charge in [-0.25, -0.2) is 0 Å². The molecule has 3 rings (SSSR count). The van der Waals surface area contributed by atoms with E-state index >= 15 is 0 Å². The van der Waals surface area contributed by atoms with Gasteiger partial charge < -0.3 is 25.4 Å². The number of ether oxygens (including phenoxy) is 2. The minimum atomic E-state index is -0.857. The molecule has 3 heterocycles. The monoisotopic (exact) mass is 271 g/mol. The van der Waals surface area contributed by atoms with Crippen molar-refractivity contribution in [2.24, 2.45) is 10.7 Å². The SMILES string of the molecule is NC1=NC2O[C@H](CO)C(N3CCC[C@H]3C(=O)O)C2O1. The number of carbonyl (C=O) groups is 1. The van der Waals surface area contributed by atoms with Gasteiger partial charge in [0.25, 0.3) is 6.02 Å². The van der Waals surface area contributed by atoms with Crippen molar-refractivity contribution in [3.63, 3.8) is 0 Å². The molecule has 5 atom stereocenters. The van der Waals surface area contributed by atoms with E-state index in [4.69, 9.17) is 15.2 Å². The van der Waals surface area contributed by atoms with Gasteiger partial charge in [0.1, 0.15) is 12.1 Å². The molecule has 0 bridgehead atoms. The second-order valence-electron chi connectivity index (χ2n) is 5.02. The highest BCUT2D eigenvalue weighted by Crippen LogP contribution is 2.35. The molecule has 0 amide bonds. The molecule has 4 N–H and O–H groups in total. The molecule has 0 aromatic heterocycles. The largest absolute Gasteiger partial charge is 0.480 e. The van der Waals surface area contributed by atoms with E-state index in [0.717, 1.165) is 6.42 Å². The molecule has 8 nitrogen and oxygen atoms in total. The fourth-order valence-corrected chi connectivity index (χ4v) is 3.21. The van der Waals surface area contributed by atoms with Gasteiger partial charge in [-0.1, -0.05) is 0 Å². The van der Waals surface area contributed by atoms with Crippen LogP contribution in [0.25, 0.3) is 0 Å². The van der Waals surface area contributed by atoms with Gasteiger partial charge in [0.05, 0.1) is 12.6 Å². The predicted molar refractivity (Wildman–Crippen MR) is 63.4 cm³/mol. The number of carboxylic acids is 1. The van der Waals surface area contributed by atoms with Crippen LogP contribution in [0.5, 0.6) is 0 Å². The van der Waals surface area contributed by atoms with Crippen molar-refractivity contribution in [2.75, 3.05) is 13.2 Å². The summed E-state index contributed by atoms with van der Waals surface area (Å²) in [5.41, 5.74) is 5.52. The lowest BCUT2D eigenvalue weighted by Gasteiger charge is -2.32. The molecule has 8 heteroatoms. The third kappa shape index (κ3) is 1.96. The number of hydrogen-bond donors (Lipinski definition) is 3. The maximum Gasteiger partial charge on any atom is 0.320 e. The third-order valence-electron chi connectivity index (χ3n) is 3.97.